The molecule has 180 valence electrons. The van der Waals surface area contributed by atoms with Crippen LogP contribution < -0.4 is 0 Å². The van der Waals surface area contributed by atoms with Crippen molar-refractivity contribution in [1.29, 1.82) is 0 Å². The van der Waals surface area contributed by atoms with Crippen molar-refractivity contribution in [3.8, 4) is 0 Å². The number of rotatable bonds is 12. The number of ether oxygens (including phenoxy) is 3. The Balaban J connectivity index is 3.39. The van der Waals surface area contributed by atoms with E-state index in [0.29, 0.717) is 13.2 Å². The molecule has 4 atom stereocenters. The van der Waals surface area contributed by atoms with E-state index in [-0.39, 0.29) is 35.0 Å². The van der Waals surface area contributed by atoms with Gasteiger partial charge in [-0.1, -0.05) is 41.5 Å². The van der Waals surface area contributed by atoms with Gasteiger partial charge in [0.15, 0.2) is 22.9 Å². The Morgan fingerprint density at radius 3 is 1.60 bits per heavy atom. The Hall–Kier alpha value is 0.194. The van der Waals surface area contributed by atoms with Crippen molar-refractivity contribution in [2.75, 3.05) is 19.8 Å². The van der Waals surface area contributed by atoms with Gasteiger partial charge < -0.3 is 28.2 Å². The molecule has 1 N–H and O–H groups in total. The number of hydrogen-bond acceptors (Lipinski definition) is 6. The van der Waals surface area contributed by atoms with Gasteiger partial charge in [0.1, 0.15) is 24.4 Å². The summed E-state index contributed by atoms with van der Waals surface area (Å²) in [5.74, 6) is 0. The second-order valence-electron chi connectivity index (χ2n) is 11.3. The summed E-state index contributed by atoms with van der Waals surface area (Å²) in [4.78, 5) is 0. The average Bonchev–Trinajstić information content (AvgIpc) is 3.35. The van der Waals surface area contributed by atoms with E-state index >= 15 is 0 Å². The van der Waals surface area contributed by atoms with Crippen LogP contribution in [0.1, 0.15) is 55.4 Å². The lowest BCUT2D eigenvalue weighted by molar-refractivity contribution is -0.206. The van der Waals surface area contributed by atoms with Crippen LogP contribution in [0.4, 0.5) is 0 Å². The van der Waals surface area contributed by atoms with E-state index < -0.39 is 29.0 Å². The summed E-state index contributed by atoms with van der Waals surface area (Å²) in [5, 5.41) is 9.76. The first-order chi connectivity index (χ1) is 13.5. The molecule has 1 saturated heterocycles. The van der Waals surface area contributed by atoms with Crippen LogP contribution in [0.2, 0.25) is 36.3 Å². The van der Waals surface area contributed by atoms with Gasteiger partial charge in [0.25, 0.3) is 0 Å². The van der Waals surface area contributed by atoms with Crippen LogP contribution in [0.3, 0.4) is 0 Å². The zero-order chi connectivity index (χ0) is 23.5. The molecule has 0 aromatic heterocycles. The molecule has 1 heterocycles. The molecule has 1 fully saturated rings. The molecule has 0 amide bonds. The quantitative estimate of drug-likeness (QED) is 0.251. The van der Waals surface area contributed by atoms with Crippen LogP contribution in [0.15, 0.2) is 0 Å². The Bertz CT molecular complexity index is 521. The first kappa shape index (κ1) is 28.2. The van der Waals surface area contributed by atoms with Crippen LogP contribution in [-0.2, 0) is 23.1 Å². The zero-order valence-electron chi connectivity index (χ0n) is 21.5. The Morgan fingerprint density at radius 2 is 1.27 bits per heavy atom. The molecule has 0 aromatic carbocycles. The molecule has 1 aliphatic rings. The van der Waals surface area contributed by atoms with E-state index in [0.717, 1.165) is 0 Å². The molecule has 30 heavy (non-hydrogen) atoms. The maximum Gasteiger partial charge on any atom is 0.192 e. The third kappa shape index (κ3) is 7.10. The minimum absolute atomic E-state index is 0.0243. The van der Waals surface area contributed by atoms with Crippen LogP contribution in [0, 0.1) is 0 Å². The van der Waals surface area contributed by atoms with Crippen molar-refractivity contribution in [3.05, 3.63) is 0 Å². The molecule has 0 unspecified atom stereocenters. The maximum absolute atomic E-state index is 9.71. The summed E-state index contributed by atoms with van der Waals surface area (Å²) < 4.78 is 31.7. The number of hydrogen-bond donors (Lipinski definition) is 1. The van der Waals surface area contributed by atoms with Crippen LogP contribution >= 0.6 is 0 Å². The van der Waals surface area contributed by atoms with Gasteiger partial charge in [0.05, 0.1) is 6.61 Å². The summed E-state index contributed by atoms with van der Waals surface area (Å²) in [5.41, 5.74) is 0. The topological polar surface area (TPSA) is 69.7 Å². The van der Waals surface area contributed by atoms with Crippen molar-refractivity contribution in [1.82, 2.24) is 0 Å². The highest BCUT2D eigenvalue weighted by Gasteiger charge is 2.55. The summed E-state index contributed by atoms with van der Waals surface area (Å²) in [6.07, 6.45) is -1.79. The van der Waals surface area contributed by atoms with E-state index in [1.807, 2.05) is 13.8 Å². The van der Waals surface area contributed by atoms with E-state index in [1.54, 1.807) is 0 Å². The van der Waals surface area contributed by atoms with E-state index in [2.05, 4.69) is 67.7 Å². The molecule has 6 nitrogen and oxygen atoms in total. The second kappa shape index (κ2) is 10.4. The fourth-order valence-electron chi connectivity index (χ4n) is 2.79. The van der Waals surface area contributed by atoms with Crippen molar-refractivity contribution in [2.24, 2.45) is 0 Å². The molecule has 1 aliphatic heterocycles. The van der Waals surface area contributed by atoms with Crippen molar-refractivity contribution < 1.29 is 28.2 Å². The summed E-state index contributed by atoms with van der Waals surface area (Å²) >= 11 is 0. The third-order valence-electron chi connectivity index (χ3n) is 6.85. The van der Waals surface area contributed by atoms with Crippen molar-refractivity contribution in [2.45, 2.75) is 122 Å². The highest BCUT2D eigenvalue weighted by molar-refractivity contribution is 6.74. The predicted molar refractivity (Wildman–Crippen MR) is 127 cm³/mol. The fraction of sp³-hybridized carbons (Fsp3) is 1.00. The van der Waals surface area contributed by atoms with Gasteiger partial charge in [-0.25, -0.2) is 0 Å². The Kier molecular flexibility index (Phi) is 9.80. The van der Waals surface area contributed by atoms with E-state index in [1.165, 1.54) is 0 Å². The minimum atomic E-state index is -2.17. The molecule has 0 aliphatic carbocycles. The predicted octanol–water partition coefficient (Wildman–Crippen LogP) is 4.93. The molecule has 0 saturated carbocycles. The Morgan fingerprint density at radius 1 is 0.833 bits per heavy atom. The molecule has 0 aromatic rings. The molecular formula is C22H48O6Si2. The van der Waals surface area contributed by atoms with Crippen LogP contribution in [0.5, 0.6) is 0 Å². The lowest BCUT2D eigenvalue weighted by Crippen LogP contribution is -2.58. The van der Waals surface area contributed by atoms with Crippen molar-refractivity contribution >= 4 is 16.6 Å². The summed E-state index contributed by atoms with van der Waals surface area (Å²) in [6, 6.07) is 0. The highest BCUT2D eigenvalue weighted by Crippen LogP contribution is 2.44. The molecular weight excluding hydrogens is 416 g/mol. The standard InChI is InChI=1S/C22H48O6Si2/c1-13-24-20(25-14-2)19(28-30(11,12)22(6,7)8)18(17-16(15-23)26-17)27-29(9,10)21(3,4)5/h16-20,23H,13-15H2,1-12H3/t16-,17+,18+,19-/m1/s1. The Labute approximate surface area is 187 Å². The number of epoxide rings is 1. The van der Waals surface area contributed by atoms with Gasteiger partial charge in [0.2, 0.25) is 0 Å². The number of aliphatic hydroxyl groups is 1. The fourth-order valence-corrected chi connectivity index (χ4v) is 5.37. The van der Waals surface area contributed by atoms with Crippen LogP contribution in [0.25, 0.3) is 0 Å². The highest BCUT2D eigenvalue weighted by atomic mass is 28.4. The van der Waals surface area contributed by atoms with E-state index in [9.17, 15) is 5.11 Å². The largest absolute Gasteiger partial charge is 0.408 e. The molecule has 0 radical (unpaired) electrons. The maximum atomic E-state index is 9.71. The summed E-state index contributed by atoms with van der Waals surface area (Å²) in [6.45, 7) is 27.2. The SMILES string of the molecule is CCOC(OCC)[C@H](O[Si](C)(C)C(C)(C)C)[C@@H](O[Si](C)(C)C(C)(C)C)[C@H]1O[C@@H]1CO. The molecule has 8 heteroatoms. The molecule has 1 rings (SSSR count). The van der Waals surface area contributed by atoms with Gasteiger partial charge in [-0.3, -0.25) is 0 Å². The van der Waals surface area contributed by atoms with Gasteiger partial charge in [-0.05, 0) is 50.1 Å². The monoisotopic (exact) mass is 464 g/mol. The first-order valence-electron chi connectivity index (χ1n) is 11.4. The summed E-state index contributed by atoms with van der Waals surface area (Å²) in [7, 11) is -4.31. The normalized spacial score (nSPS) is 23.0. The van der Waals surface area contributed by atoms with Crippen LogP contribution in [-0.4, -0.2) is 72.3 Å². The smallest absolute Gasteiger partial charge is 0.192 e. The zero-order valence-corrected chi connectivity index (χ0v) is 23.5. The van der Waals surface area contributed by atoms with Gasteiger partial charge in [0, 0.05) is 13.2 Å². The first-order valence-corrected chi connectivity index (χ1v) is 17.2. The van der Waals surface area contributed by atoms with Crippen molar-refractivity contribution in [3.63, 3.8) is 0 Å². The van der Waals surface area contributed by atoms with Gasteiger partial charge >= 0.3 is 0 Å². The molecule has 0 bridgehead atoms. The lowest BCUT2D eigenvalue weighted by Gasteiger charge is -2.46. The lowest BCUT2D eigenvalue weighted by atomic mass is 10.1. The minimum Gasteiger partial charge on any atom is -0.408 e. The average molecular weight is 465 g/mol. The third-order valence-corrected chi connectivity index (χ3v) is 15.8. The van der Waals surface area contributed by atoms with E-state index in [4.69, 9.17) is 23.1 Å². The second-order valence-corrected chi connectivity index (χ2v) is 20.8. The molecule has 0 spiro atoms. The van der Waals surface area contributed by atoms with Gasteiger partial charge in [-0.15, -0.1) is 0 Å². The number of aliphatic hydroxyl groups excluding tert-OH is 1. The van der Waals surface area contributed by atoms with Gasteiger partial charge in [-0.2, -0.15) is 0 Å².